The van der Waals surface area contributed by atoms with Gasteiger partial charge in [-0.05, 0) is 130 Å². The first-order valence-electron chi connectivity index (χ1n) is 15.5. The number of ether oxygens (including phenoxy) is 1. The average molecular weight is 539 g/mol. The summed E-state index contributed by atoms with van der Waals surface area (Å²) in [6, 6.07) is 9.21. The number of sulfone groups is 1. The minimum atomic E-state index is -3.42. The molecule has 0 bridgehead atoms. The molecule has 0 saturated heterocycles. The van der Waals surface area contributed by atoms with E-state index in [1.54, 1.807) is 12.1 Å². The summed E-state index contributed by atoms with van der Waals surface area (Å²) in [5, 5.41) is -0.376. The lowest BCUT2D eigenvalue weighted by atomic mass is 9.45. The van der Waals surface area contributed by atoms with Crippen LogP contribution in [-0.4, -0.2) is 26.9 Å². The van der Waals surface area contributed by atoms with Gasteiger partial charge in [0, 0.05) is 12.5 Å². The molecule has 3 nitrogen and oxygen atoms in total. The molecule has 5 fully saturated rings. The van der Waals surface area contributed by atoms with Crippen molar-refractivity contribution in [2.75, 3.05) is 7.11 Å². The predicted octanol–water partition coefficient (Wildman–Crippen LogP) is 8.11. The van der Waals surface area contributed by atoms with E-state index in [1.807, 2.05) is 25.3 Å². The normalized spacial score (nSPS) is 44.8. The van der Waals surface area contributed by atoms with Crippen LogP contribution < -0.4 is 0 Å². The van der Waals surface area contributed by atoms with E-state index in [2.05, 4.69) is 40.7 Å². The highest BCUT2D eigenvalue weighted by atomic mass is 32.2. The van der Waals surface area contributed by atoms with Crippen LogP contribution in [0.15, 0.2) is 46.9 Å². The highest BCUT2D eigenvalue weighted by molar-refractivity contribution is 7.92. The Morgan fingerprint density at radius 2 is 1.79 bits per heavy atom. The lowest BCUT2D eigenvalue weighted by molar-refractivity contribution is -0.161. The molecule has 6 rings (SSSR count). The van der Waals surface area contributed by atoms with Crippen molar-refractivity contribution in [1.82, 2.24) is 0 Å². The molecule has 0 radical (unpaired) electrons. The molecule has 0 heterocycles. The molecule has 0 N–H and O–H groups in total. The summed E-state index contributed by atoms with van der Waals surface area (Å²) >= 11 is 0. The molecule has 0 amide bonds. The Labute approximate surface area is 232 Å². The first kappa shape index (κ1) is 27.1. The summed E-state index contributed by atoms with van der Waals surface area (Å²) in [7, 11) is -1.45. The van der Waals surface area contributed by atoms with Crippen molar-refractivity contribution in [3.8, 4) is 0 Å². The molecular formula is C34H50O3S. The zero-order chi connectivity index (χ0) is 27.1. The highest BCUT2D eigenvalue weighted by Gasteiger charge is 2.77. The molecule has 1 aromatic rings. The third-order valence-corrected chi connectivity index (χ3v) is 15.7. The van der Waals surface area contributed by atoms with E-state index >= 15 is 0 Å². The van der Waals surface area contributed by atoms with E-state index in [0.717, 1.165) is 17.8 Å². The molecule has 38 heavy (non-hydrogen) atoms. The van der Waals surface area contributed by atoms with Gasteiger partial charge in [-0.25, -0.2) is 8.42 Å². The van der Waals surface area contributed by atoms with Gasteiger partial charge in [0.25, 0.3) is 0 Å². The van der Waals surface area contributed by atoms with Crippen LogP contribution in [0.5, 0.6) is 0 Å². The van der Waals surface area contributed by atoms with Gasteiger partial charge in [0.1, 0.15) is 0 Å². The van der Waals surface area contributed by atoms with Crippen molar-refractivity contribution in [3.05, 3.63) is 42.0 Å². The Kier molecular flexibility index (Phi) is 6.55. The van der Waals surface area contributed by atoms with Crippen molar-refractivity contribution < 1.29 is 13.2 Å². The van der Waals surface area contributed by atoms with E-state index in [0.29, 0.717) is 40.1 Å². The van der Waals surface area contributed by atoms with Crippen LogP contribution in [-0.2, 0) is 14.6 Å². The molecule has 0 aliphatic heterocycles. The number of hydrogen-bond acceptors (Lipinski definition) is 3. The molecule has 5 saturated carbocycles. The minimum absolute atomic E-state index is 0.130. The van der Waals surface area contributed by atoms with Crippen LogP contribution in [0.3, 0.4) is 0 Å². The quantitative estimate of drug-likeness (QED) is 0.329. The number of benzene rings is 1. The summed E-state index contributed by atoms with van der Waals surface area (Å²) in [5.74, 6) is 3.73. The van der Waals surface area contributed by atoms with Gasteiger partial charge in [0.2, 0.25) is 0 Å². The van der Waals surface area contributed by atoms with Crippen molar-refractivity contribution in [2.24, 2.45) is 51.8 Å². The van der Waals surface area contributed by atoms with Crippen LogP contribution in [0.25, 0.3) is 0 Å². The second kappa shape index (κ2) is 9.20. The maximum Gasteiger partial charge on any atom is 0.181 e. The number of allylic oxidation sites excluding steroid dienone is 2. The van der Waals surface area contributed by atoms with Gasteiger partial charge in [0.05, 0.1) is 16.2 Å². The van der Waals surface area contributed by atoms with Gasteiger partial charge >= 0.3 is 0 Å². The molecule has 5 aliphatic carbocycles. The monoisotopic (exact) mass is 538 g/mol. The SMILES string of the molecule is CO[C@@H]1C[C@H]2[C@@H]3CC[C@H]([C@H](C)C(CC=C(C)C)S(=O)(=O)c4ccccc4)[C@@]3(C)CC[C@@H]2[C@@]2(C)CC[C@@H]3C[C@]312. The van der Waals surface area contributed by atoms with Gasteiger partial charge in [-0.1, -0.05) is 50.6 Å². The fraction of sp³-hybridized carbons (Fsp3) is 0.765. The largest absolute Gasteiger partial charge is 0.381 e. The van der Waals surface area contributed by atoms with Crippen LogP contribution in [0.4, 0.5) is 0 Å². The summed E-state index contributed by atoms with van der Waals surface area (Å²) < 4.78 is 34.5. The number of hydrogen-bond donors (Lipinski definition) is 0. The molecule has 1 unspecified atom stereocenters. The molecule has 210 valence electrons. The Morgan fingerprint density at radius 3 is 2.45 bits per heavy atom. The number of rotatable bonds is 7. The van der Waals surface area contributed by atoms with Crippen LogP contribution >= 0.6 is 0 Å². The Bertz CT molecular complexity index is 1190. The maximum absolute atomic E-state index is 14.1. The third kappa shape index (κ3) is 3.64. The molecule has 1 aromatic carbocycles. The zero-order valence-electron chi connectivity index (χ0n) is 24.6. The van der Waals surface area contributed by atoms with Crippen LogP contribution in [0, 0.1) is 51.8 Å². The standard InChI is InChI=1S/C34H50O3S/c1-22(2)12-15-30(38(35,36)25-10-8-7-9-11-25)23(3)27-13-14-28-26-20-31(37-6)34-21-24(34)16-19-33(34,5)29(26)17-18-32(27,28)4/h7-12,23-24,26-31H,13-21H2,1-6H3/t23-,24+,26-,27+,28-,29-,30?,31+,32+,33+,34-/m0/s1. The predicted molar refractivity (Wildman–Crippen MR) is 154 cm³/mol. The Morgan fingerprint density at radius 1 is 1.05 bits per heavy atom. The van der Waals surface area contributed by atoms with Crippen LogP contribution in [0.1, 0.15) is 92.4 Å². The lowest BCUT2D eigenvalue weighted by Crippen LogP contribution is -2.57. The van der Waals surface area contributed by atoms with Gasteiger partial charge in [0.15, 0.2) is 9.84 Å². The Hall–Kier alpha value is -1.13. The fourth-order valence-electron chi connectivity index (χ4n) is 11.5. The molecular weight excluding hydrogens is 488 g/mol. The Balaban J connectivity index is 1.31. The molecule has 11 atom stereocenters. The second-order valence-electron chi connectivity index (χ2n) is 14.7. The van der Waals surface area contributed by atoms with Crippen molar-refractivity contribution in [2.45, 2.75) is 109 Å². The number of fused-ring (bicyclic) bond motifs is 4. The van der Waals surface area contributed by atoms with Gasteiger partial charge in [-0.3, -0.25) is 0 Å². The average Bonchev–Trinajstić information content (AvgIpc) is 3.40. The summed E-state index contributed by atoms with van der Waals surface area (Å²) in [6.07, 6.45) is 13.6. The topological polar surface area (TPSA) is 43.4 Å². The molecule has 0 aromatic heterocycles. The third-order valence-electron chi connectivity index (χ3n) is 13.4. The van der Waals surface area contributed by atoms with E-state index < -0.39 is 9.84 Å². The second-order valence-corrected chi connectivity index (χ2v) is 16.9. The van der Waals surface area contributed by atoms with Crippen molar-refractivity contribution >= 4 is 9.84 Å². The highest BCUT2D eigenvalue weighted by Crippen LogP contribution is 2.82. The van der Waals surface area contributed by atoms with E-state index in [1.165, 1.54) is 56.9 Å². The van der Waals surface area contributed by atoms with E-state index in [9.17, 15) is 8.42 Å². The molecule has 5 aliphatic rings. The van der Waals surface area contributed by atoms with Gasteiger partial charge in [-0.15, -0.1) is 0 Å². The first-order valence-corrected chi connectivity index (χ1v) is 17.0. The molecule has 1 spiro atoms. The van der Waals surface area contributed by atoms with E-state index in [-0.39, 0.29) is 16.6 Å². The first-order chi connectivity index (χ1) is 18.0. The van der Waals surface area contributed by atoms with Crippen molar-refractivity contribution in [3.63, 3.8) is 0 Å². The maximum atomic E-state index is 14.1. The smallest absolute Gasteiger partial charge is 0.181 e. The fourth-order valence-corrected chi connectivity index (χ4v) is 13.5. The van der Waals surface area contributed by atoms with Gasteiger partial charge < -0.3 is 4.74 Å². The van der Waals surface area contributed by atoms with Crippen molar-refractivity contribution in [1.29, 1.82) is 0 Å². The number of methoxy groups -OCH3 is 1. The van der Waals surface area contributed by atoms with E-state index in [4.69, 9.17) is 4.74 Å². The van der Waals surface area contributed by atoms with Gasteiger partial charge in [-0.2, -0.15) is 0 Å². The zero-order valence-corrected chi connectivity index (χ0v) is 25.4. The summed E-state index contributed by atoms with van der Waals surface area (Å²) in [4.78, 5) is 0.482. The summed E-state index contributed by atoms with van der Waals surface area (Å²) in [6.45, 7) is 11.6. The molecule has 4 heteroatoms. The van der Waals surface area contributed by atoms with Crippen LogP contribution in [0.2, 0.25) is 0 Å². The minimum Gasteiger partial charge on any atom is -0.381 e. The lowest BCUT2D eigenvalue weighted by Gasteiger charge is -2.61. The summed E-state index contributed by atoms with van der Waals surface area (Å²) in [5.41, 5.74) is 2.32.